The highest BCUT2D eigenvalue weighted by Gasteiger charge is 2.55. The molecule has 0 bridgehead atoms. The van der Waals surface area contributed by atoms with Crippen LogP contribution in [0.1, 0.15) is 41.2 Å². The summed E-state index contributed by atoms with van der Waals surface area (Å²) in [5, 5.41) is 8.20. The fourth-order valence-corrected chi connectivity index (χ4v) is 4.73. The quantitative estimate of drug-likeness (QED) is 0.720. The molecule has 2 amide bonds. The minimum Gasteiger partial charge on any atom is -0.449 e. The molecule has 1 aliphatic heterocycles. The third kappa shape index (κ3) is 3.26. The maximum Gasteiger partial charge on any atom is 0.344 e. The van der Waals surface area contributed by atoms with Crippen LogP contribution in [0.5, 0.6) is 0 Å². The van der Waals surface area contributed by atoms with Gasteiger partial charge in [-0.05, 0) is 62.6 Å². The van der Waals surface area contributed by atoms with Gasteiger partial charge in [-0.1, -0.05) is 0 Å². The Labute approximate surface area is 174 Å². The van der Waals surface area contributed by atoms with Gasteiger partial charge in [0.25, 0.3) is 5.91 Å². The molecule has 1 atom stereocenters. The molecule has 4 heterocycles. The van der Waals surface area contributed by atoms with Crippen molar-refractivity contribution in [1.82, 2.24) is 25.0 Å². The van der Waals surface area contributed by atoms with E-state index in [1.54, 1.807) is 18.5 Å². The average molecular weight is 407 g/mol. The molecular formula is C22H25N5O3. The van der Waals surface area contributed by atoms with Crippen molar-refractivity contribution in [2.24, 2.45) is 11.3 Å². The highest BCUT2D eigenvalue weighted by Crippen LogP contribution is 2.59. The van der Waals surface area contributed by atoms with Crippen molar-refractivity contribution in [2.45, 2.75) is 33.1 Å². The van der Waals surface area contributed by atoms with Crippen LogP contribution in [0.25, 0.3) is 11.0 Å². The molecule has 3 aromatic rings. The summed E-state index contributed by atoms with van der Waals surface area (Å²) in [4.78, 5) is 31.1. The van der Waals surface area contributed by atoms with Crippen LogP contribution in [-0.4, -0.2) is 51.2 Å². The van der Waals surface area contributed by atoms with E-state index in [1.807, 2.05) is 30.9 Å². The van der Waals surface area contributed by atoms with Gasteiger partial charge in [-0.3, -0.25) is 9.78 Å². The molecule has 8 heteroatoms. The minimum absolute atomic E-state index is 0.0414. The van der Waals surface area contributed by atoms with Crippen LogP contribution in [0.4, 0.5) is 4.79 Å². The number of hydrogen-bond donors (Lipinski definition) is 1. The van der Waals surface area contributed by atoms with Crippen molar-refractivity contribution >= 4 is 22.9 Å². The number of fused-ring (bicyclic) bond motifs is 1. The topological polar surface area (TPSA) is 93.3 Å². The number of aromatic nitrogens is 3. The van der Waals surface area contributed by atoms with Crippen LogP contribution in [0.15, 0.2) is 35.0 Å². The summed E-state index contributed by atoms with van der Waals surface area (Å²) in [6.07, 6.45) is 6.32. The number of aryl methyl sites for hydroxylation is 2. The molecule has 1 N–H and O–H groups in total. The molecule has 2 aliphatic rings. The molecule has 1 unspecified atom stereocenters. The highest BCUT2D eigenvalue weighted by molar-refractivity contribution is 5.95. The number of nitrogens with one attached hydrogen (secondary N) is 1. The van der Waals surface area contributed by atoms with Gasteiger partial charge in [0.1, 0.15) is 0 Å². The van der Waals surface area contributed by atoms with Crippen LogP contribution in [0.3, 0.4) is 0 Å². The van der Waals surface area contributed by atoms with Gasteiger partial charge in [0.2, 0.25) is 0 Å². The smallest absolute Gasteiger partial charge is 0.344 e. The van der Waals surface area contributed by atoms with E-state index in [0.29, 0.717) is 23.8 Å². The summed E-state index contributed by atoms with van der Waals surface area (Å²) in [6.45, 7) is 5.91. The second kappa shape index (κ2) is 6.97. The molecule has 0 aromatic carbocycles. The zero-order valence-electron chi connectivity index (χ0n) is 17.2. The summed E-state index contributed by atoms with van der Waals surface area (Å²) in [6, 6.07) is 5.45. The molecule has 1 aliphatic carbocycles. The van der Waals surface area contributed by atoms with E-state index in [4.69, 9.17) is 4.42 Å². The summed E-state index contributed by atoms with van der Waals surface area (Å²) >= 11 is 0. The summed E-state index contributed by atoms with van der Waals surface area (Å²) in [7, 11) is 0. The normalized spacial score (nSPS) is 19.9. The molecule has 30 heavy (non-hydrogen) atoms. The molecular weight excluding hydrogens is 382 g/mol. The summed E-state index contributed by atoms with van der Waals surface area (Å²) in [5.41, 5.74) is 2.58. The van der Waals surface area contributed by atoms with Crippen LogP contribution in [-0.2, 0) is 0 Å². The third-order valence-electron chi connectivity index (χ3n) is 6.64. The number of carbonyl (C=O) groups is 2. The second-order valence-corrected chi connectivity index (χ2v) is 8.61. The Bertz CT molecular complexity index is 1090. The number of amides is 2. The van der Waals surface area contributed by atoms with E-state index < -0.39 is 0 Å². The van der Waals surface area contributed by atoms with Gasteiger partial charge in [0.15, 0.2) is 11.3 Å². The number of piperidine rings is 1. The Morgan fingerprint density at radius 3 is 2.77 bits per heavy atom. The van der Waals surface area contributed by atoms with Crippen LogP contribution >= 0.6 is 0 Å². The van der Waals surface area contributed by atoms with Gasteiger partial charge in [0.05, 0.1) is 11.9 Å². The monoisotopic (exact) mass is 407 g/mol. The third-order valence-corrected chi connectivity index (χ3v) is 6.64. The largest absolute Gasteiger partial charge is 0.449 e. The van der Waals surface area contributed by atoms with Crippen LogP contribution in [0, 0.1) is 25.2 Å². The zero-order chi connectivity index (χ0) is 20.9. The number of hydrogen-bond acceptors (Lipinski definition) is 5. The SMILES string of the molecule is Cc1cc(C)n(C(=O)N2CCC3(CC2)CC3CNC(=O)c2cc3ccncc3o2)n1. The lowest BCUT2D eigenvalue weighted by Gasteiger charge is -2.33. The number of furan rings is 1. The predicted molar refractivity (Wildman–Crippen MR) is 110 cm³/mol. The van der Waals surface area contributed by atoms with Crippen LogP contribution in [0.2, 0.25) is 0 Å². The second-order valence-electron chi connectivity index (χ2n) is 8.61. The summed E-state index contributed by atoms with van der Waals surface area (Å²) < 4.78 is 7.09. The average Bonchev–Trinajstić information content (AvgIpc) is 3.07. The lowest BCUT2D eigenvalue weighted by Crippen LogP contribution is -2.43. The van der Waals surface area contributed by atoms with Crippen molar-refractivity contribution in [1.29, 1.82) is 0 Å². The van der Waals surface area contributed by atoms with Gasteiger partial charge in [-0.25, -0.2) is 4.79 Å². The van der Waals surface area contributed by atoms with E-state index in [-0.39, 0.29) is 17.4 Å². The van der Waals surface area contributed by atoms with E-state index in [9.17, 15) is 9.59 Å². The first-order valence-electron chi connectivity index (χ1n) is 10.4. The Morgan fingerprint density at radius 1 is 1.27 bits per heavy atom. The van der Waals surface area contributed by atoms with Gasteiger partial charge < -0.3 is 14.6 Å². The maximum atomic E-state index is 12.7. The first kappa shape index (κ1) is 18.8. The van der Waals surface area contributed by atoms with E-state index in [2.05, 4.69) is 15.4 Å². The van der Waals surface area contributed by atoms with Crippen molar-refractivity contribution in [2.75, 3.05) is 19.6 Å². The lowest BCUT2D eigenvalue weighted by molar-refractivity contribution is 0.0922. The molecule has 0 radical (unpaired) electrons. The minimum atomic E-state index is -0.189. The number of likely N-dealkylation sites (tertiary alicyclic amines) is 1. The Balaban J connectivity index is 1.14. The lowest BCUT2D eigenvalue weighted by atomic mass is 9.91. The van der Waals surface area contributed by atoms with Crippen LogP contribution < -0.4 is 5.32 Å². The maximum absolute atomic E-state index is 12.7. The van der Waals surface area contributed by atoms with Gasteiger partial charge >= 0.3 is 6.03 Å². The Morgan fingerprint density at radius 2 is 2.07 bits per heavy atom. The first-order valence-corrected chi connectivity index (χ1v) is 10.4. The van der Waals surface area contributed by atoms with Crippen molar-refractivity contribution in [3.63, 3.8) is 0 Å². The molecule has 1 saturated carbocycles. The first-order chi connectivity index (χ1) is 14.4. The Kier molecular flexibility index (Phi) is 4.38. The fraction of sp³-hybridized carbons (Fsp3) is 0.455. The van der Waals surface area contributed by atoms with Gasteiger partial charge in [-0.15, -0.1) is 0 Å². The molecule has 1 saturated heterocycles. The highest BCUT2D eigenvalue weighted by atomic mass is 16.3. The molecule has 8 nitrogen and oxygen atoms in total. The van der Waals surface area contributed by atoms with Crippen molar-refractivity contribution in [3.8, 4) is 0 Å². The fourth-order valence-electron chi connectivity index (χ4n) is 4.73. The van der Waals surface area contributed by atoms with E-state index >= 15 is 0 Å². The zero-order valence-corrected chi connectivity index (χ0v) is 17.2. The number of carbonyl (C=O) groups excluding carboxylic acids is 2. The molecule has 2 fully saturated rings. The molecule has 156 valence electrons. The van der Waals surface area contributed by atoms with E-state index in [1.165, 1.54) is 4.68 Å². The Hall–Kier alpha value is -3.16. The number of rotatable bonds is 3. The number of nitrogens with zero attached hydrogens (tertiary/aromatic N) is 4. The molecule has 3 aromatic heterocycles. The molecule has 5 rings (SSSR count). The van der Waals surface area contributed by atoms with E-state index in [0.717, 1.165) is 49.1 Å². The number of pyridine rings is 1. The van der Waals surface area contributed by atoms with Crippen molar-refractivity contribution < 1.29 is 14.0 Å². The summed E-state index contributed by atoms with van der Waals surface area (Å²) in [5.74, 6) is 0.585. The molecule has 1 spiro atoms. The van der Waals surface area contributed by atoms with Gasteiger partial charge in [0, 0.05) is 36.9 Å². The standard InChI is InChI=1S/C22H25N5O3/c1-14-9-15(2)27(25-14)21(29)26-7-4-22(5-8-26)11-17(22)12-24-20(28)18-10-16-3-6-23-13-19(16)30-18/h3,6,9-10,13,17H,4-5,7-8,11-12H2,1-2H3,(H,24,28). The van der Waals surface area contributed by atoms with Gasteiger partial charge in [-0.2, -0.15) is 9.78 Å². The van der Waals surface area contributed by atoms with Crippen molar-refractivity contribution in [3.05, 3.63) is 47.7 Å². The predicted octanol–water partition coefficient (Wildman–Crippen LogP) is 3.14.